The first-order chi connectivity index (χ1) is 5.61. The van der Waals surface area contributed by atoms with E-state index >= 15 is 0 Å². The average Bonchev–Trinajstić information content (AvgIpc) is 2.02. The third-order valence-corrected chi connectivity index (χ3v) is 1.96. The predicted molar refractivity (Wildman–Crippen MR) is 53.1 cm³/mol. The van der Waals surface area contributed by atoms with E-state index in [-0.39, 0.29) is 5.54 Å². The lowest BCUT2D eigenvalue weighted by Crippen LogP contribution is -2.30. The highest BCUT2D eigenvalue weighted by atomic mass is 15.0. The SMILES string of the molecule is C=CC1=C(C=C)C(C)(C)N=CN1. The van der Waals surface area contributed by atoms with Gasteiger partial charge in [-0.3, -0.25) is 4.99 Å². The molecule has 0 saturated carbocycles. The van der Waals surface area contributed by atoms with Gasteiger partial charge in [0.2, 0.25) is 0 Å². The number of allylic oxidation sites excluding steroid dienone is 1. The van der Waals surface area contributed by atoms with Gasteiger partial charge in [-0.2, -0.15) is 0 Å². The third-order valence-electron chi connectivity index (χ3n) is 1.96. The van der Waals surface area contributed by atoms with Crippen LogP contribution in [0.1, 0.15) is 13.8 Å². The first kappa shape index (κ1) is 8.78. The Hall–Kier alpha value is -1.31. The lowest BCUT2D eigenvalue weighted by atomic mass is 9.92. The molecular formula is C10H14N2. The van der Waals surface area contributed by atoms with E-state index in [9.17, 15) is 0 Å². The van der Waals surface area contributed by atoms with Gasteiger partial charge in [0.15, 0.2) is 0 Å². The Balaban J connectivity index is 3.15. The van der Waals surface area contributed by atoms with Gasteiger partial charge >= 0.3 is 0 Å². The maximum absolute atomic E-state index is 4.30. The summed E-state index contributed by atoms with van der Waals surface area (Å²) >= 11 is 0. The highest BCUT2D eigenvalue weighted by Gasteiger charge is 2.24. The van der Waals surface area contributed by atoms with Gasteiger partial charge in [0, 0.05) is 11.3 Å². The molecule has 0 fully saturated rings. The van der Waals surface area contributed by atoms with E-state index in [0.29, 0.717) is 0 Å². The van der Waals surface area contributed by atoms with Crippen LogP contribution in [0.25, 0.3) is 0 Å². The van der Waals surface area contributed by atoms with E-state index in [4.69, 9.17) is 0 Å². The van der Waals surface area contributed by atoms with Crippen LogP contribution in [-0.4, -0.2) is 11.9 Å². The van der Waals surface area contributed by atoms with Gasteiger partial charge in [0.1, 0.15) is 0 Å². The standard InChI is InChI=1S/C10H14N2/c1-5-8-9(6-2)11-7-12-10(8,3)4/h5-7H,1-2H2,3-4H3,(H,11,12). The predicted octanol–water partition coefficient (Wildman–Crippen LogP) is 2.02. The minimum absolute atomic E-state index is 0.184. The molecule has 0 atom stereocenters. The van der Waals surface area contributed by atoms with Gasteiger partial charge in [0.05, 0.1) is 11.9 Å². The number of hydrogen-bond donors (Lipinski definition) is 1. The molecule has 1 heterocycles. The number of nitrogens with one attached hydrogen (secondary N) is 1. The first-order valence-electron chi connectivity index (χ1n) is 3.91. The van der Waals surface area contributed by atoms with Crippen molar-refractivity contribution in [1.29, 1.82) is 0 Å². The van der Waals surface area contributed by atoms with Crippen molar-refractivity contribution >= 4 is 6.34 Å². The minimum Gasteiger partial charge on any atom is -0.346 e. The van der Waals surface area contributed by atoms with Crippen LogP contribution in [0.3, 0.4) is 0 Å². The fourth-order valence-electron chi connectivity index (χ4n) is 1.27. The fourth-order valence-corrected chi connectivity index (χ4v) is 1.27. The number of nitrogens with zero attached hydrogens (tertiary/aromatic N) is 1. The van der Waals surface area contributed by atoms with Crippen LogP contribution >= 0.6 is 0 Å². The second-order valence-corrected chi connectivity index (χ2v) is 3.20. The molecule has 2 heteroatoms. The zero-order valence-electron chi connectivity index (χ0n) is 7.59. The van der Waals surface area contributed by atoms with E-state index in [0.717, 1.165) is 11.3 Å². The zero-order valence-corrected chi connectivity index (χ0v) is 7.59. The molecular weight excluding hydrogens is 148 g/mol. The summed E-state index contributed by atoms with van der Waals surface area (Å²) in [6.45, 7) is 11.6. The number of rotatable bonds is 2. The van der Waals surface area contributed by atoms with Gasteiger partial charge in [-0.25, -0.2) is 0 Å². The summed E-state index contributed by atoms with van der Waals surface area (Å²) in [5.74, 6) is 0. The van der Waals surface area contributed by atoms with Crippen molar-refractivity contribution in [3.05, 3.63) is 36.6 Å². The molecule has 0 bridgehead atoms. The molecule has 0 saturated heterocycles. The van der Waals surface area contributed by atoms with Crippen molar-refractivity contribution in [3.63, 3.8) is 0 Å². The van der Waals surface area contributed by atoms with E-state index < -0.39 is 0 Å². The highest BCUT2D eigenvalue weighted by Crippen LogP contribution is 2.25. The lowest BCUT2D eigenvalue weighted by molar-refractivity contribution is 0.611. The van der Waals surface area contributed by atoms with E-state index in [1.165, 1.54) is 0 Å². The summed E-state index contributed by atoms with van der Waals surface area (Å²) in [6.07, 6.45) is 5.30. The normalized spacial score (nSPS) is 20.2. The highest BCUT2D eigenvalue weighted by molar-refractivity contribution is 5.65. The van der Waals surface area contributed by atoms with Crippen molar-refractivity contribution in [2.75, 3.05) is 0 Å². The van der Waals surface area contributed by atoms with Crippen molar-refractivity contribution in [2.24, 2.45) is 4.99 Å². The topological polar surface area (TPSA) is 24.4 Å². The van der Waals surface area contributed by atoms with Gasteiger partial charge in [0.25, 0.3) is 0 Å². The molecule has 0 spiro atoms. The van der Waals surface area contributed by atoms with E-state index in [1.54, 1.807) is 12.4 Å². The quantitative estimate of drug-likeness (QED) is 0.660. The summed E-state index contributed by atoms with van der Waals surface area (Å²) < 4.78 is 0. The molecule has 0 aliphatic carbocycles. The number of aliphatic imine (C=N–C) groups is 1. The second-order valence-electron chi connectivity index (χ2n) is 3.20. The zero-order chi connectivity index (χ0) is 9.19. The Kier molecular flexibility index (Phi) is 2.18. The van der Waals surface area contributed by atoms with Crippen LogP contribution < -0.4 is 5.32 Å². The summed E-state index contributed by atoms with van der Waals surface area (Å²) in [4.78, 5) is 4.30. The van der Waals surface area contributed by atoms with Gasteiger partial charge in [-0.05, 0) is 19.9 Å². The second kappa shape index (κ2) is 2.97. The molecule has 64 valence electrons. The molecule has 12 heavy (non-hydrogen) atoms. The van der Waals surface area contributed by atoms with Crippen LogP contribution in [-0.2, 0) is 0 Å². The van der Waals surface area contributed by atoms with Crippen LogP contribution in [0, 0.1) is 0 Å². The molecule has 0 aromatic rings. The molecule has 1 aliphatic heterocycles. The van der Waals surface area contributed by atoms with Crippen molar-refractivity contribution in [2.45, 2.75) is 19.4 Å². The summed E-state index contributed by atoms with van der Waals surface area (Å²) in [5, 5.41) is 3.02. The maximum atomic E-state index is 4.30. The smallest absolute Gasteiger partial charge is 0.0878 e. The average molecular weight is 162 g/mol. The van der Waals surface area contributed by atoms with E-state index in [2.05, 4.69) is 23.5 Å². The Bertz CT molecular complexity index is 270. The van der Waals surface area contributed by atoms with Crippen molar-refractivity contribution < 1.29 is 0 Å². The summed E-state index contributed by atoms with van der Waals surface area (Å²) in [5.41, 5.74) is 1.89. The first-order valence-corrected chi connectivity index (χ1v) is 3.91. The van der Waals surface area contributed by atoms with Gasteiger partial charge in [-0.1, -0.05) is 19.2 Å². The lowest BCUT2D eigenvalue weighted by Gasteiger charge is -2.27. The molecule has 1 N–H and O–H groups in total. The molecule has 0 amide bonds. The monoisotopic (exact) mass is 162 g/mol. The van der Waals surface area contributed by atoms with Gasteiger partial charge < -0.3 is 5.32 Å². The Morgan fingerprint density at radius 1 is 1.42 bits per heavy atom. The molecule has 1 aliphatic rings. The molecule has 0 aromatic heterocycles. The largest absolute Gasteiger partial charge is 0.346 e. The van der Waals surface area contributed by atoms with Crippen molar-refractivity contribution in [1.82, 2.24) is 5.32 Å². The maximum Gasteiger partial charge on any atom is 0.0878 e. The molecule has 0 radical (unpaired) electrons. The fraction of sp³-hybridized carbons (Fsp3) is 0.300. The third kappa shape index (κ3) is 1.33. The molecule has 1 rings (SSSR count). The number of hydrogen-bond acceptors (Lipinski definition) is 2. The molecule has 0 aromatic carbocycles. The Morgan fingerprint density at radius 3 is 2.50 bits per heavy atom. The van der Waals surface area contributed by atoms with Crippen LogP contribution in [0.15, 0.2) is 41.6 Å². The van der Waals surface area contributed by atoms with Gasteiger partial charge in [-0.15, -0.1) is 0 Å². The molecule has 2 nitrogen and oxygen atoms in total. The summed E-state index contributed by atoms with van der Waals surface area (Å²) in [6, 6.07) is 0. The Morgan fingerprint density at radius 2 is 2.08 bits per heavy atom. The van der Waals surface area contributed by atoms with Crippen LogP contribution in [0.4, 0.5) is 0 Å². The minimum atomic E-state index is -0.184. The Labute approximate surface area is 73.4 Å². The van der Waals surface area contributed by atoms with Crippen molar-refractivity contribution in [3.8, 4) is 0 Å². The van der Waals surface area contributed by atoms with Crippen LogP contribution in [0.5, 0.6) is 0 Å². The van der Waals surface area contributed by atoms with Crippen LogP contribution in [0.2, 0.25) is 0 Å². The summed E-state index contributed by atoms with van der Waals surface area (Å²) in [7, 11) is 0. The molecule has 0 unspecified atom stereocenters. The van der Waals surface area contributed by atoms with E-state index in [1.807, 2.05) is 19.9 Å².